The molecule has 0 aliphatic carbocycles. The van der Waals surface area contributed by atoms with Crippen LogP contribution in [0, 0.1) is 0 Å². The van der Waals surface area contributed by atoms with Crippen molar-refractivity contribution in [3.8, 4) is 0 Å². The molecule has 0 bridgehead atoms. The third-order valence-electron chi connectivity index (χ3n) is 0. The first kappa shape index (κ1) is 15.7. The minimum absolute atomic E-state index is 0. The summed E-state index contributed by atoms with van der Waals surface area (Å²) in [5, 5.41) is 0. The summed E-state index contributed by atoms with van der Waals surface area (Å²) in [4.78, 5) is 0. The monoisotopic (exact) mass is 188 g/mol. The van der Waals surface area contributed by atoms with E-state index in [0.717, 1.165) is 0 Å². The van der Waals surface area contributed by atoms with E-state index in [1.54, 1.807) is 0 Å². The Labute approximate surface area is 70.2 Å². The van der Waals surface area contributed by atoms with Crippen molar-refractivity contribution in [1.29, 1.82) is 0 Å². The van der Waals surface area contributed by atoms with Gasteiger partial charge < -0.3 is 0 Å². The van der Waals surface area contributed by atoms with E-state index in [-0.39, 0.29) is 42.5 Å². The van der Waals surface area contributed by atoms with Crippen LogP contribution in [0.25, 0.3) is 0 Å². The smallest absolute Gasteiger partial charge is 0.264 e. The van der Waals surface area contributed by atoms with Crippen LogP contribution in [0.1, 0.15) is 0 Å². The molecule has 0 radical (unpaired) electrons. The zero-order valence-corrected chi connectivity index (χ0v) is 6.61. The minimum Gasteiger partial charge on any atom is -0.264 e. The van der Waals surface area contributed by atoms with Crippen molar-refractivity contribution in [1.82, 2.24) is 0 Å². The summed E-state index contributed by atoms with van der Waals surface area (Å²) in [6, 6.07) is 0. The molecule has 0 heterocycles. The molecule has 38 valence electrons. The second-order valence-electron chi connectivity index (χ2n) is 0.448. The van der Waals surface area contributed by atoms with Gasteiger partial charge in [0.15, 0.2) is 0 Å². The van der Waals surface area contributed by atoms with Crippen molar-refractivity contribution < 1.29 is 37.0 Å². The maximum absolute atomic E-state index is 8.74. The maximum atomic E-state index is 8.74. The standard InChI is InChI=1S/Mg.H2O4S.Zn.2H/c;1-5(2,3)4;;;/h;(H2,1,2,3,4);;;. The van der Waals surface area contributed by atoms with E-state index in [2.05, 4.69) is 0 Å². The Kier molecular flexibility index (Phi) is 12.1. The molecule has 0 unspecified atom stereocenters. The van der Waals surface area contributed by atoms with Gasteiger partial charge in [-0.3, -0.25) is 9.11 Å². The average molecular weight is 190 g/mol. The van der Waals surface area contributed by atoms with Crippen molar-refractivity contribution in [2.75, 3.05) is 0 Å². The molecule has 0 saturated carbocycles. The molecule has 4 nitrogen and oxygen atoms in total. The second-order valence-corrected chi connectivity index (χ2v) is 1.34. The Bertz CT molecular complexity index is 94.9. The number of rotatable bonds is 0. The fourth-order valence-corrected chi connectivity index (χ4v) is 0. The zero-order chi connectivity index (χ0) is 4.50. The SMILES string of the molecule is O=S(=O)(O)O.[MgH2].[Zn]. The molecule has 0 aliphatic rings. The van der Waals surface area contributed by atoms with E-state index in [4.69, 9.17) is 17.5 Å². The van der Waals surface area contributed by atoms with Gasteiger partial charge in [-0.1, -0.05) is 0 Å². The summed E-state index contributed by atoms with van der Waals surface area (Å²) in [6.45, 7) is 0. The fraction of sp³-hybridized carbons (Fsp3) is 0. The van der Waals surface area contributed by atoms with Gasteiger partial charge in [-0.25, -0.2) is 0 Å². The Morgan fingerprint density at radius 1 is 1.14 bits per heavy atom. The van der Waals surface area contributed by atoms with Gasteiger partial charge in [0, 0.05) is 19.5 Å². The average Bonchev–Trinajstić information content (AvgIpc) is 0.722. The minimum atomic E-state index is -4.67. The van der Waals surface area contributed by atoms with Crippen LogP contribution >= 0.6 is 0 Å². The zero-order valence-electron chi connectivity index (χ0n) is 2.83. The maximum Gasteiger partial charge on any atom is 0.394 e. The number of hydrogen-bond donors (Lipinski definition) is 2. The van der Waals surface area contributed by atoms with Gasteiger partial charge in [-0.2, -0.15) is 8.42 Å². The molecule has 0 rings (SSSR count). The molecule has 0 amide bonds. The summed E-state index contributed by atoms with van der Waals surface area (Å²) in [6.07, 6.45) is 0. The predicted octanol–water partition coefficient (Wildman–Crippen LogP) is -1.57. The van der Waals surface area contributed by atoms with Gasteiger partial charge in [-0.05, 0) is 0 Å². The van der Waals surface area contributed by atoms with Gasteiger partial charge in [0.1, 0.15) is 0 Å². The summed E-state index contributed by atoms with van der Waals surface area (Å²) < 4.78 is 31.6. The molecular weight excluding hydrogens is 186 g/mol. The topological polar surface area (TPSA) is 74.6 Å². The van der Waals surface area contributed by atoms with Crippen molar-refractivity contribution in [2.24, 2.45) is 0 Å². The van der Waals surface area contributed by atoms with E-state index < -0.39 is 10.4 Å². The van der Waals surface area contributed by atoms with Crippen molar-refractivity contribution >= 4 is 33.5 Å². The Hall–Kier alpha value is 1.26. The molecule has 0 atom stereocenters. The molecule has 0 aromatic heterocycles. The fourth-order valence-electron chi connectivity index (χ4n) is 0. The largest absolute Gasteiger partial charge is 0.394 e. The Balaban J connectivity index is -0.0000000800. The molecular formula is H4MgO4SZn. The van der Waals surface area contributed by atoms with Crippen LogP contribution in [0.4, 0.5) is 0 Å². The molecule has 0 aromatic rings. The van der Waals surface area contributed by atoms with Crippen molar-refractivity contribution in [3.05, 3.63) is 0 Å². The normalized spacial score (nSPS) is 8.29. The van der Waals surface area contributed by atoms with Gasteiger partial charge in [-0.15, -0.1) is 0 Å². The van der Waals surface area contributed by atoms with Crippen LogP contribution in [0.3, 0.4) is 0 Å². The van der Waals surface area contributed by atoms with E-state index in [1.165, 1.54) is 0 Å². The molecule has 0 fully saturated rings. The van der Waals surface area contributed by atoms with E-state index in [1.807, 2.05) is 0 Å². The number of hydrogen-bond acceptors (Lipinski definition) is 2. The first-order valence-corrected chi connectivity index (χ1v) is 2.10. The summed E-state index contributed by atoms with van der Waals surface area (Å²) in [5.41, 5.74) is 0. The predicted molar refractivity (Wildman–Crippen MR) is 22.7 cm³/mol. The summed E-state index contributed by atoms with van der Waals surface area (Å²) in [5.74, 6) is 0. The van der Waals surface area contributed by atoms with Gasteiger partial charge in [0.2, 0.25) is 0 Å². The first-order chi connectivity index (χ1) is 2.00. The van der Waals surface area contributed by atoms with Crippen molar-refractivity contribution in [3.63, 3.8) is 0 Å². The van der Waals surface area contributed by atoms with Gasteiger partial charge in [0.25, 0.3) is 0 Å². The van der Waals surface area contributed by atoms with Crippen molar-refractivity contribution in [2.45, 2.75) is 0 Å². The quantitative estimate of drug-likeness (QED) is 0.357. The van der Waals surface area contributed by atoms with Gasteiger partial charge in [0.05, 0.1) is 0 Å². The molecule has 0 aliphatic heterocycles. The van der Waals surface area contributed by atoms with Gasteiger partial charge >= 0.3 is 33.5 Å². The Morgan fingerprint density at radius 2 is 1.14 bits per heavy atom. The second kappa shape index (κ2) is 5.40. The van der Waals surface area contributed by atoms with E-state index >= 15 is 0 Å². The summed E-state index contributed by atoms with van der Waals surface area (Å²) in [7, 11) is -4.67. The van der Waals surface area contributed by atoms with E-state index in [0.29, 0.717) is 0 Å². The van der Waals surface area contributed by atoms with Crippen LogP contribution in [0.15, 0.2) is 0 Å². The van der Waals surface area contributed by atoms with Crippen LogP contribution < -0.4 is 0 Å². The molecule has 2 N–H and O–H groups in total. The molecule has 7 heteroatoms. The van der Waals surface area contributed by atoms with Crippen LogP contribution in [0.5, 0.6) is 0 Å². The molecule has 0 aromatic carbocycles. The molecule has 7 heavy (non-hydrogen) atoms. The molecule has 0 spiro atoms. The van der Waals surface area contributed by atoms with Crippen LogP contribution in [0.2, 0.25) is 0 Å². The molecule has 0 saturated heterocycles. The third kappa shape index (κ3) is 127. The summed E-state index contributed by atoms with van der Waals surface area (Å²) >= 11 is 0. The third-order valence-corrected chi connectivity index (χ3v) is 0. The first-order valence-electron chi connectivity index (χ1n) is 0.698. The van der Waals surface area contributed by atoms with E-state index in [9.17, 15) is 0 Å². The van der Waals surface area contributed by atoms with Crippen LogP contribution in [-0.4, -0.2) is 40.6 Å². The Morgan fingerprint density at radius 3 is 1.14 bits per heavy atom. The van der Waals surface area contributed by atoms with Crippen LogP contribution in [-0.2, 0) is 29.9 Å².